The van der Waals surface area contributed by atoms with E-state index in [1.165, 1.54) is 34.6 Å². The zero-order valence-electron chi connectivity index (χ0n) is 16.1. The summed E-state index contributed by atoms with van der Waals surface area (Å²) in [5.41, 5.74) is 5.07. The SMILES string of the molecule is CCN(CC)S(=O)(=O)c1ccc(O)c(NC(=O)c2ccccc2OCC(N)=O)c1. The predicted octanol–water partition coefficient (Wildman–Crippen LogP) is 1.54. The summed E-state index contributed by atoms with van der Waals surface area (Å²) >= 11 is 0. The monoisotopic (exact) mass is 421 g/mol. The highest BCUT2D eigenvalue weighted by Crippen LogP contribution is 2.29. The third-order valence-corrected chi connectivity index (χ3v) is 6.11. The maximum atomic E-state index is 12.7. The minimum Gasteiger partial charge on any atom is -0.506 e. The van der Waals surface area contributed by atoms with Crippen molar-refractivity contribution in [3.8, 4) is 11.5 Å². The van der Waals surface area contributed by atoms with E-state index in [-0.39, 0.29) is 40.7 Å². The number of hydrogen-bond donors (Lipinski definition) is 3. The number of amides is 2. The molecule has 0 bridgehead atoms. The van der Waals surface area contributed by atoms with Gasteiger partial charge in [0.25, 0.3) is 11.8 Å². The predicted molar refractivity (Wildman–Crippen MR) is 107 cm³/mol. The van der Waals surface area contributed by atoms with Crippen LogP contribution in [0.2, 0.25) is 0 Å². The summed E-state index contributed by atoms with van der Waals surface area (Å²) in [5, 5.41) is 12.6. The molecule has 0 fully saturated rings. The van der Waals surface area contributed by atoms with Gasteiger partial charge in [0.15, 0.2) is 6.61 Å². The van der Waals surface area contributed by atoms with Crippen molar-refractivity contribution in [3.05, 3.63) is 48.0 Å². The van der Waals surface area contributed by atoms with Gasteiger partial charge < -0.3 is 20.9 Å². The van der Waals surface area contributed by atoms with Gasteiger partial charge in [-0.15, -0.1) is 0 Å². The first-order chi connectivity index (χ1) is 13.7. The van der Waals surface area contributed by atoms with Crippen molar-refractivity contribution >= 4 is 27.5 Å². The van der Waals surface area contributed by atoms with Crippen molar-refractivity contribution in [2.75, 3.05) is 25.0 Å². The molecule has 2 aromatic rings. The zero-order chi connectivity index (χ0) is 21.6. The number of phenols is 1. The van der Waals surface area contributed by atoms with Crippen LogP contribution in [0.4, 0.5) is 5.69 Å². The number of benzene rings is 2. The number of phenolic OH excluding ortho intramolecular Hbond substituents is 1. The van der Waals surface area contributed by atoms with Crippen molar-refractivity contribution in [3.63, 3.8) is 0 Å². The molecule has 0 aliphatic heterocycles. The van der Waals surface area contributed by atoms with E-state index in [9.17, 15) is 23.1 Å². The van der Waals surface area contributed by atoms with Crippen molar-refractivity contribution < 1.29 is 27.9 Å². The van der Waals surface area contributed by atoms with E-state index < -0.39 is 28.4 Å². The number of aromatic hydroxyl groups is 1. The van der Waals surface area contributed by atoms with E-state index in [0.29, 0.717) is 0 Å². The molecule has 29 heavy (non-hydrogen) atoms. The van der Waals surface area contributed by atoms with Gasteiger partial charge in [-0.25, -0.2) is 8.42 Å². The van der Waals surface area contributed by atoms with Gasteiger partial charge in [-0.1, -0.05) is 26.0 Å². The standard InChI is InChI=1S/C19H23N3O6S/c1-3-22(4-2)29(26,27)13-9-10-16(23)15(11-13)21-19(25)14-7-5-6-8-17(14)28-12-18(20)24/h5-11,23H,3-4,12H2,1-2H3,(H2,20,24)(H,21,25). The Kier molecular flexibility index (Phi) is 7.18. The molecular weight excluding hydrogens is 398 g/mol. The van der Waals surface area contributed by atoms with Gasteiger partial charge in [0.2, 0.25) is 10.0 Å². The van der Waals surface area contributed by atoms with E-state index in [1.807, 2.05) is 0 Å². The van der Waals surface area contributed by atoms with Crippen molar-refractivity contribution in [1.82, 2.24) is 4.31 Å². The van der Waals surface area contributed by atoms with Crippen LogP contribution in [0.25, 0.3) is 0 Å². The Labute approximate surface area is 169 Å². The highest BCUT2D eigenvalue weighted by Gasteiger charge is 2.23. The molecule has 0 atom stereocenters. The summed E-state index contributed by atoms with van der Waals surface area (Å²) in [7, 11) is -3.77. The highest BCUT2D eigenvalue weighted by molar-refractivity contribution is 7.89. The van der Waals surface area contributed by atoms with Gasteiger partial charge in [-0.2, -0.15) is 4.31 Å². The minimum absolute atomic E-state index is 0.0624. The van der Waals surface area contributed by atoms with E-state index in [1.54, 1.807) is 26.0 Å². The van der Waals surface area contributed by atoms with E-state index in [2.05, 4.69) is 5.32 Å². The lowest BCUT2D eigenvalue weighted by atomic mass is 10.1. The summed E-state index contributed by atoms with van der Waals surface area (Å²) in [4.78, 5) is 23.5. The molecule has 2 aromatic carbocycles. The molecule has 2 rings (SSSR count). The zero-order valence-corrected chi connectivity index (χ0v) is 16.9. The van der Waals surface area contributed by atoms with Crippen LogP contribution in [-0.2, 0) is 14.8 Å². The largest absolute Gasteiger partial charge is 0.506 e. The van der Waals surface area contributed by atoms with Crippen LogP contribution in [-0.4, -0.2) is 49.3 Å². The first-order valence-electron chi connectivity index (χ1n) is 8.85. The molecule has 2 amide bonds. The lowest BCUT2D eigenvalue weighted by Gasteiger charge is -2.19. The second-order valence-electron chi connectivity index (χ2n) is 5.97. The summed E-state index contributed by atoms with van der Waals surface area (Å²) < 4.78 is 31.9. The number of rotatable bonds is 9. The third kappa shape index (κ3) is 5.24. The number of sulfonamides is 1. The Morgan fingerprint density at radius 2 is 1.79 bits per heavy atom. The number of nitrogens with one attached hydrogen (secondary N) is 1. The van der Waals surface area contributed by atoms with E-state index in [0.717, 1.165) is 0 Å². The average molecular weight is 421 g/mol. The fraction of sp³-hybridized carbons (Fsp3) is 0.263. The quantitative estimate of drug-likeness (QED) is 0.525. The normalized spacial score (nSPS) is 11.3. The number of hydrogen-bond acceptors (Lipinski definition) is 6. The van der Waals surface area contributed by atoms with E-state index in [4.69, 9.17) is 10.5 Å². The molecule has 0 unspecified atom stereocenters. The summed E-state index contributed by atoms with van der Waals surface area (Å²) in [6.45, 7) is 3.59. The van der Waals surface area contributed by atoms with Crippen LogP contribution in [0.1, 0.15) is 24.2 Å². The van der Waals surface area contributed by atoms with Gasteiger partial charge in [-0.3, -0.25) is 9.59 Å². The summed E-state index contributed by atoms with van der Waals surface area (Å²) in [6.07, 6.45) is 0. The van der Waals surface area contributed by atoms with Crippen LogP contribution in [0.5, 0.6) is 11.5 Å². The Bertz CT molecular complexity index is 1000. The Hall–Kier alpha value is -3.11. The van der Waals surface area contributed by atoms with Crippen LogP contribution in [0.15, 0.2) is 47.4 Å². The highest BCUT2D eigenvalue weighted by atomic mass is 32.2. The van der Waals surface area contributed by atoms with Gasteiger partial charge >= 0.3 is 0 Å². The smallest absolute Gasteiger partial charge is 0.259 e. The lowest BCUT2D eigenvalue weighted by molar-refractivity contribution is -0.119. The molecule has 0 saturated heterocycles. The number of anilines is 1. The first kappa shape index (κ1) is 22.2. The fourth-order valence-corrected chi connectivity index (χ4v) is 4.09. The van der Waals surface area contributed by atoms with Crippen LogP contribution >= 0.6 is 0 Å². The van der Waals surface area contributed by atoms with Gasteiger partial charge in [0.1, 0.15) is 11.5 Å². The van der Waals surface area contributed by atoms with Gasteiger partial charge in [0, 0.05) is 13.1 Å². The molecule has 0 aliphatic rings. The number of nitrogens with zero attached hydrogens (tertiary/aromatic N) is 1. The molecule has 0 saturated carbocycles. The molecule has 10 heteroatoms. The molecular formula is C19H23N3O6S. The second-order valence-corrected chi connectivity index (χ2v) is 7.91. The Morgan fingerprint density at radius 1 is 1.14 bits per heavy atom. The minimum atomic E-state index is -3.77. The summed E-state index contributed by atoms with van der Waals surface area (Å²) in [6, 6.07) is 9.80. The number of carbonyl (C=O) groups is 2. The number of carbonyl (C=O) groups excluding carboxylic acids is 2. The maximum Gasteiger partial charge on any atom is 0.259 e. The molecule has 9 nitrogen and oxygen atoms in total. The van der Waals surface area contributed by atoms with Gasteiger partial charge in [-0.05, 0) is 30.3 Å². The molecule has 0 aliphatic carbocycles. The second kappa shape index (κ2) is 9.39. The number of nitrogens with two attached hydrogens (primary N) is 1. The molecule has 0 spiro atoms. The van der Waals surface area contributed by atoms with Crippen LogP contribution < -0.4 is 15.8 Å². The topological polar surface area (TPSA) is 139 Å². The molecule has 4 N–H and O–H groups in total. The lowest BCUT2D eigenvalue weighted by Crippen LogP contribution is -2.30. The maximum absolute atomic E-state index is 12.7. The van der Waals surface area contributed by atoms with E-state index >= 15 is 0 Å². The van der Waals surface area contributed by atoms with Crippen molar-refractivity contribution in [1.29, 1.82) is 0 Å². The Morgan fingerprint density at radius 3 is 2.41 bits per heavy atom. The van der Waals surface area contributed by atoms with Crippen LogP contribution in [0, 0.1) is 0 Å². The number of primary amides is 1. The van der Waals surface area contributed by atoms with Crippen molar-refractivity contribution in [2.45, 2.75) is 18.7 Å². The molecule has 0 aromatic heterocycles. The van der Waals surface area contributed by atoms with Gasteiger partial charge in [0.05, 0.1) is 16.1 Å². The van der Waals surface area contributed by atoms with Crippen LogP contribution in [0.3, 0.4) is 0 Å². The number of ether oxygens (including phenoxy) is 1. The van der Waals surface area contributed by atoms with Crippen molar-refractivity contribution in [2.24, 2.45) is 5.73 Å². The first-order valence-corrected chi connectivity index (χ1v) is 10.3. The average Bonchev–Trinajstić information content (AvgIpc) is 2.68. The summed E-state index contributed by atoms with van der Waals surface area (Å²) in [5.74, 6) is -1.53. The molecule has 156 valence electrons. The molecule has 0 radical (unpaired) electrons. The number of para-hydroxylation sites is 1. The third-order valence-electron chi connectivity index (χ3n) is 4.06. The fourth-order valence-electron chi connectivity index (χ4n) is 2.61. The Balaban J connectivity index is 2.34. The molecule has 0 heterocycles.